The zero-order valence-corrected chi connectivity index (χ0v) is 20.1. The first-order valence-electron chi connectivity index (χ1n) is 9.27. The number of thiazole rings is 1. The van der Waals surface area contributed by atoms with Crippen molar-refractivity contribution < 1.29 is 4.74 Å². The van der Waals surface area contributed by atoms with Crippen molar-refractivity contribution in [1.29, 1.82) is 0 Å². The highest BCUT2D eigenvalue weighted by atomic mass is 127. The number of nitrogens with zero attached hydrogens (tertiary/aromatic N) is 2. The van der Waals surface area contributed by atoms with Gasteiger partial charge < -0.3 is 15.4 Å². The molecule has 0 aliphatic heterocycles. The number of ether oxygens (including phenoxy) is 1. The van der Waals surface area contributed by atoms with Crippen LogP contribution < -0.4 is 15.4 Å². The Morgan fingerprint density at radius 3 is 2.38 bits per heavy atom. The zero-order valence-electron chi connectivity index (χ0n) is 16.9. The molecule has 0 saturated carbocycles. The molecule has 0 amide bonds. The van der Waals surface area contributed by atoms with E-state index in [4.69, 9.17) is 4.74 Å². The lowest BCUT2D eigenvalue weighted by Crippen LogP contribution is -2.36. The second-order valence-electron chi connectivity index (χ2n) is 6.41. The topological polar surface area (TPSA) is 58.5 Å². The number of hydrogen-bond acceptors (Lipinski definition) is 4. The summed E-state index contributed by atoms with van der Waals surface area (Å²) in [7, 11) is 1.77. The number of aliphatic imine (C=N–C) groups is 1. The number of benzene rings is 2. The molecule has 3 aromatic rings. The predicted octanol–water partition coefficient (Wildman–Crippen LogP) is 4.82. The molecular weight excluding hydrogens is 495 g/mol. The first kappa shape index (κ1) is 23.2. The minimum absolute atomic E-state index is 0. The van der Waals surface area contributed by atoms with Crippen LogP contribution in [0.4, 0.5) is 0 Å². The van der Waals surface area contributed by atoms with E-state index in [1.165, 1.54) is 4.88 Å². The lowest BCUT2D eigenvalue weighted by molar-refractivity contribution is 0.302. The average Bonchev–Trinajstić information content (AvgIpc) is 3.05. The van der Waals surface area contributed by atoms with Crippen LogP contribution in [0.25, 0.3) is 0 Å². The number of nitrogens with one attached hydrogen (secondary N) is 2. The number of rotatable bonds is 7. The van der Waals surface area contributed by atoms with E-state index in [9.17, 15) is 0 Å². The Kier molecular flexibility index (Phi) is 9.40. The van der Waals surface area contributed by atoms with Crippen molar-refractivity contribution in [3.05, 3.63) is 81.3 Å². The average molecular weight is 522 g/mol. The van der Waals surface area contributed by atoms with Gasteiger partial charge in [0, 0.05) is 24.0 Å². The largest absolute Gasteiger partial charge is 0.489 e. The van der Waals surface area contributed by atoms with Gasteiger partial charge in [0.05, 0.1) is 12.2 Å². The molecule has 2 N–H and O–H groups in total. The van der Waals surface area contributed by atoms with E-state index in [0.717, 1.165) is 33.5 Å². The molecule has 0 bridgehead atoms. The fourth-order valence-electron chi connectivity index (χ4n) is 2.70. The number of halogens is 1. The van der Waals surface area contributed by atoms with Crippen LogP contribution in [0.2, 0.25) is 0 Å². The van der Waals surface area contributed by atoms with Crippen molar-refractivity contribution in [2.45, 2.75) is 33.5 Å². The normalized spacial score (nSPS) is 10.9. The standard InChI is InChI=1S/C22H26N4OS.HI/c1-16-17(2)28-21(26-16)14-25-22(23-3)24-13-19-11-7-8-12-20(19)27-15-18-9-5-4-6-10-18;/h4-12H,13-15H2,1-3H3,(H2,23,24,25);1H. The summed E-state index contributed by atoms with van der Waals surface area (Å²) < 4.78 is 6.03. The van der Waals surface area contributed by atoms with Gasteiger partial charge in [0.15, 0.2) is 5.96 Å². The summed E-state index contributed by atoms with van der Waals surface area (Å²) in [6, 6.07) is 18.2. The molecule has 0 atom stereocenters. The van der Waals surface area contributed by atoms with Gasteiger partial charge in [0.25, 0.3) is 0 Å². The molecule has 3 rings (SSSR count). The second kappa shape index (κ2) is 11.8. The summed E-state index contributed by atoms with van der Waals surface area (Å²) in [5, 5.41) is 7.73. The first-order chi connectivity index (χ1) is 13.7. The lowest BCUT2D eigenvalue weighted by Gasteiger charge is -2.14. The van der Waals surface area contributed by atoms with E-state index in [2.05, 4.69) is 45.7 Å². The van der Waals surface area contributed by atoms with Gasteiger partial charge in [-0.05, 0) is 25.5 Å². The van der Waals surface area contributed by atoms with E-state index >= 15 is 0 Å². The van der Waals surface area contributed by atoms with Crippen molar-refractivity contribution >= 4 is 41.3 Å². The van der Waals surface area contributed by atoms with Gasteiger partial charge >= 0.3 is 0 Å². The number of guanidine groups is 1. The first-order valence-corrected chi connectivity index (χ1v) is 10.1. The maximum absolute atomic E-state index is 6.03. The molecule has 0 fully saturated rings. The smallest absolute Gasteiger partial charge is 0.191 e. The Balaban J connectivity index is 0.00000300. The Hall–Kier alpha value is -2.13. The summed E-state index contributed by atoms with van der Waals surface area (Å²) in [6.07, 6.45) is 0. The third-order valence-corrected chi connectivity index (χ3v) is 5.43. The molecule has 0 aliphatic carbocycles. The van der Waals surface area contributed by atoms with Crippen molar-refractivity contribution in [2.24, 2.45) is 4.99 Å². The SMILES string of the molecule is CN=C(NCc1nc(C)c(C)s1)NCc1ccccc1OCc1ccccc1.I. The van der Waals surface area contributed by atoms with Gasteiger partial charge in [-0.3, -0.25) is 4.99 Å². The molecule has 0 spiro atoms. The van der Waals surface area contributed by atoms with E-state index in [1.54, 1.807) is 18.4 Å². The molecule has 0 unspecified atom stereocenters. The lowest BCUT2D eigenvalue weighted by atomic mass is 10.2. The summed E-state index contributed by atoms with van der Waals surface area (Å²) >= 11 is 1.71. The van der Waals surface area contributed by atoms with E-state index in [-0.39, 0.29) is 24.0 Å². The third-order valence-electron chi connectivity index (χ3n) is 4.36. The monoisotopic (exact) mass is 522 g/mol. The second-order valence-corrected chi connectivity index (χ2v) is 7.70. The van der Waals surface area contributed by atoms with Crippen molar-refractivity contribution in [1.82, 2.24) is 15.6 Å². The van der Waals surface area contributed by atoms with Crippen LogP contribution in [0.15, 0.2) is 59.6 Å². The van der Waals surface area contributed by atoms with E-state index < -0.39 is 0 Å². The highest BCUT2D eigenvalue weighted by Crippen LogP contribution is 2.19. The minimum atomic E-state index is 0. The molecule has 7 heteroatoms. The predicted molar refractivity (Wildman–Crippen MR) is 131 cm³/mol. The number of aromatic nitrogens is 1. The Bertz CT molecular complexity index is 908. The van der Waals surface area contributed by atoms with Crippen LogP contribution in [0.1, 0.15) is 26.7 Å². The Morgan fingerprint density at radius 2 is 1.69 bits per heavy atom. The molecular formula is C22H27IN4OS. The fraction of sp³-hybridized carbons (Fsp3) is 0.273. The highest BCUT2D eigenvalue weighted by Gasteiger charge is 2.07. The Morgan fingerprint density at radius 1 is 1.00 bits per heavy atom. The fourth-order valence-corrected chi connectivity index (χ4v) is 3.57. The highest BCUT2D eigenvalue weighted by molar-refractivity contribution is 14.0. The molecule has 1 aromatic heterocycles. The van der Waals surface area contributed by atoms with Crippen LogP contribution >= 0.6 is 35.3 Å². The minimum Gasteiger partial charge on any atom is -0.489 e. The quantitative estimate of drug-likeness (QED) is 0.266. The van der Waals surface area contributed by atoms with Gasteiger partial charge in [-0.15, -0.1) is 35.3 Å². The van der Waals surface area contributed by atoms with Crippen LogP contribution in [-0.4, -0.2) is 18.0 Å². The molecule has 2 aromatic carbocycles. The molecule has 0 saturated heterocycles. The van der Waals surface area contributed by atoms with Crippen LogP contribution in [-0.2, 0) is 19.7 Å². The summed E-state index contributed by atoms with van der Waals surface area (Å²) in [6.45, 7) is 5.96. The molecule has 154 valence electrons. The molecule has 1 heterocycles. The molecule has 5 nitrogen and oxygen atoms in total. The van der Waals surface area contributed by atoms with Crippen molar-refractivity contribution in [2.75, 3.05) is 7.05 Å². The Labute approximate surface area is 193 Å². The summed E-state index contributed by atoms with van der Waals surface area (Å²) in [4.78, 5) is 10.1. The molecule has 0 radical (unpaired) electrons. The van der Waals surface area contributed by atoms with E-state index in [1.807, 2.05) is 43.3 Å². The maximum atomic E-state index is 6.03. The van der Waals surface area contributed by atoms with Crippen LogP contribution in [0.3, 0.4) is 0 Å². The number of para-hydroxylation sites is 1. The molecule has 0 aliphatic rings. The van der Waals surface area contributed by atoms with Crippen molar-refractivity contribution in [3.8, 4) is 5.75 Å². The maximum Gasteiger partial charge on any atom is 0.191 e. The zero-order chi connectivity index (χ0) is 19.8. The summed E-state index contributed by atoms with van der Waals surface area (Å²) in [5.74, 6) is 1.61. The van der Waals surface area contributed by atoms with Crippen molar-refractivity contribution in [3.63, 3.8) is 0 Å². The third kappa shape index (κ3) is 7.01. The van der Waals surface area contributed by atoms with Gasteiger partial charge in [-0.1, -0.05) is 48.5 Å². The van der Waals surface area contributed by atoms with Crippen LogP contribution in [0.5, 0.6) is 5.75 Å². The molecule has 29 heavy (non-hydrogen) atoms. The van der Waals surface area contributed by atoms with Gasteiger partial charge in [0.2, 0.25) is 0 Å². The van der Waals surface area contributed by atoms with Gasteiger partial charge in [-0.2, -0.15) is 0 Å². The van der Waals surface area contributed by atoms with E-state index in [0.29, 0.717) is 19.7 Å². The van der Waals surface area contributed by atoms with Gasteiger partial charge in [0.1, 0.15) is 17.4 Å². The van der Waals surface area contributed by atoms with Crippen LogP contribution in [0, 0.1) is 13.8 Å². The number of aryl methyl sites for hydroxylation is 2. The number of hydrogen-bond donors (Lipinski definition) is 2. The van der Waals surface area contributed by atoms with Gasteiger partial charge in [-0.25, -0.2) is 4.98 Å². The summed E-state index contributed by atoms with van der Waals surface area (Å²) in [5.41, 5.74) is 3.33.